The Labute approximate surface area is 189 Å². The molecular formula is C24H41NO5Si. The summed E-state index contributed by atoms with van der Waals surface area (Å²) in [6.45, 7) is 15.7. The van der Waals surface area contributed by atoms with Gasteiger partial charge in [0.15, 0.2) is 14.4 Å². The van der Waals surface area contributed by atoms with Gasteiger partial charge in [0.25, 0.3) is 0 Å². The predicted octanol–water partition coefficient (Wildman–Crippen LogP) is 5.77. The van der Waals surface area contributed by atoms with Gasteiger partial charge in [0.05, 0.1) is 5.60 Å². The van der Waals surface area contributed by atoms with E-state index in [1.54, 1.807) is 27.8 Å². The molecule has 0 bridgehead atoms. The average Bonchev–Trinajstić information content (AvgIpc) is 2.70. The summed E-state index contributed by atoms with van der Waals surface area (Å²) in [5.41, 5.74) is -0.732. The minimum absolute atomic E-state index is 0.131. The number of hydrogen-bond acceptors (Lipinski definition) is 5. The third-order valence-corrected chi connectivity index (χ3v) is 10.4. The van der Waals surface area contributed by atoms with Crippen molar-refractivity contribution in [1.29, 1.82) is 0 Å². The maximum absolute atomic E-state index is 13.3. The number of ether oxygens (including phenoxy) is 2. The van der Waals surface area contributed by atoms with Crippen LogP contribution in [0, 0.1) is 0 Å². The molecule has 0 saturated carbocycles. The van der Waals surface area contributed by atoms with Crippen molar-refractivity contribution in [3.05, 3.63) is 35.9 Å². The van der Waals surface area contributed by atoms with Gasteiger partial charge in [-0.05, 0) is 58.3 Å². The second-order valence-electron chi connectivity index (χ2n) is 9.54. The van der Waals surface area contributed by atoms with E-state index in [-0.39, 0.29) is 6.61 Å². The summed E-state index contributed by atoms with van der Waals surface area (Å²) in [5, 5.41) is 0. The van der Waals surface area contributed by atoms with E-state index in [4.69, 9.17) is 13.9 Å². The zero-order valence-corrected chi connectivity index (χ0v) is 21.8. The minimum atomic E-state index is -2.06. The lowest BCUT2D eigenvalue weighted by Crippen LogP contribution is -2.60. The third-order valence-electron chi connectivity index (χ3n) is 5.59. The fourth-order valence-electron chi connectivity index (χ4n) is 3.74. The Kier molecular flexibility index (Phi) is 9.76. The molecule has 0 N–H and O–H groups in total. The largest absolute Gasteiger partial charge is 0.459 e. The number of amides is 1. The van der Waals surface area contributed by atoms with E-state index in [9.17, 15) is 9.59 Å². The number of benzene rings is 1. The van der Waals surface area contributed by atoms with E-state index < -0.39 is 37.6 Å². The van der Waals surface area contributed by atoms with Crippen molar-refractivity contribution in [3.63, 3.8) is 0 Å². The molecule has 6 nitrogen and oxygen atoms in total. The van der Waals surface area contributed by atoms with Crippen molar-refractivity contribution in [2.45, 2.75) is 97.4 Å². The minimum Gasteiger partial charge on any atom is -0.459 e. The highest BCUT2D eigenvalue weighted by atomic mass is 28.4. The summed E-state index contributed by atoms with van der Waals surface area (Å²) in [6.07, 6.45) is -0.581. The van der Waals surface area contributed by atoms with E-state index >= 15 is 0 Å². The summed E-state index contributed by atoms with van der Waals surface area (Å²) in [5.74, 6) is -0.506. The maximum atomic E-state index is 13.3. The van der Waals surface area contributed by atoms with E-state index in [0.717, 1.165) is 23.7 Å². The van der Waals surface area contributed by atoms with Gasteiger partial charge in [0.1, 0.15) is 12.2 Å². The summed E-state index contributed by atoms with van der Waals surface area (Å²) in [6, 6.07) is 11.3. The van der Waals surface area contributed by atoms with E-state index in [1.165, 1.54) is 4.90 Å². The molecule has 0 aliphatic heterocycles. The Bertz CT molecular complexity index is 702. The van der Waals surface area contributed by atoms with Gasteiger partial charge in [0.2, 0.25) is 0 Å². The summed E-state index contributed by atoms with van der Waals surface area (Å²) in [4.78, 5) is 27.5. The number of likely N-dealkylation sites (N-methyl/N-ethyl adjacent to an activating group) is 1. The van der Waals surface area contributed by atoms with Crippen LogP contribution in [0.25, 0.3) is 0 Å². The molecule has 0 fully saturated rings. The van der Waals surface area contributed by atoms with Crippen LogP contribution in [0.4, 0.5) is 4.79 Å². The van der Waals surface area contributed by atoms with E-state index in [0.29, 0.717) is 0 Å². The number of rotatable bonds is 10. The second kappa shape index (κ2) is 11.1. The first-order valence-corrected chi connectivity index (χ1v) is 13.7. The summed E-state index contributed by atoms with van der Waals surface area (Å²) in [7, 11) is -0.492. The van der Waals surface area contributed by atoms with Crippen LogP contribution in [0.3, 0.4) is 0 Å². The molecule has 176 valence electrons. The predicted molar refractivity (Wildman–Crippen MR) is 126 cm³/mol. The molecule has 0 spiro atoms. The zero-order chi connectivity index (χ0) is 23.9. The molecule has 0 radical (unpaired) electrons. The highest BCUT2D eigenvalue weighted by Gasteiger charge is 2.47. The molecular weight excluding hydrogens is 410 g/mol. The van der Waals surface area contributed by atoms with Crippen LogP contribution in [0.15, 0.2) is 30.3 Å². The van der Waals surface area contributed by atoms with Gasteiger partial charge in [-0.3, -0.25) is 4.90 Å². The Balaban J connectivity index is 3.21. The molecule has 31 heavy (non-hydrogen) atoms. The first-order valence-electron chi connectivity index (χ1n) is 11.2. The molecule has 0 aliphatic carbocycles. The van der Waals surface area contributed by atoms with Gasteiger partial charge in [-0.25, -0.2) is 9.59 Å². The van der Waals surface area contributed by atoms with E-state index in [1.807, 2.05) is 44.2 Å². The number of hydrogen-bond donors (Lipinski definition) is 0. The smallest absolute Gasteiger partial charge is 0.410 e. The number of carbonyl (C=O) groups excluding carboxylic acids is 2. The van der Waals surface area contributed by atoms with Crippen molar-refractivity contribution in [2.24, 2.45) is 0 Å². The number of nitrogens with zero attached hydrogens (tertiary/aromatic N) is 1. The lowest BCUT2D eigenvalue weighted by Gasteiger charge is -2.44. The monoisotopic (exact) mass is 451 g/mol. The van der Waals surface area contributed by atoms with Gasteiger partial charge in [-0.2, -0.15) is 0 Å². The van der Waals surface area contributed by atoms with Crippen molar-refractivity contribution in [3.8, 4) is 0 Å². The van der Waals surface area contributed by atoms with Crippen molar-refractivity contribution in [1.82, 2.24) is 4.90 Å². The maximum Gasteiger partial charge on any atom is 0.410 e. The molecule has 0 aliphatic rings. The van der Waals surface area contributed by atoms with Crippen molar-refractivity contribution in [2.75, 3.05) is 7.05 Å². The molecule has 0 unspecified atom stereocenters. The lowest BCUT2D eigenvalue weighted by atomic mass is 9.98. The molecule has 7 heteroatoms. The van der Waals surface area contributed by atoms with Gasteiger partial charge in [0, 0.05) is 7.05 Å². The van der Waals surface area contributed by atoms with Crippen LogP contribution in [-0.4, -0.2) is 49.6 Å². The molecule has 1 aromatic rings. The second-order valence-corrected chi connectivity index (χ2v) is 14.2. The van der Waals surface area contributed by atoms with Gasteiger partial charge in [-0.1, -0.05) is 51.1 Å². The normalized spacial score (nSPS) is 13.5. The summed E-state index contributed by atoms with van der Waals surface area (Å²) < 4.78 is 17.9. The third kappa shape index (κ3) is 7.96. The van der Waals surface area contributed by atoms with Gasteiger partial charge in [-0.15, -0.1) is 0 Å². The van der Waals surface area contributed by atoms with Crippen LogP contribution < -0.4 is 0 Å². The highest BCUT2D eigenvalue weighted by molar-refractivity contribution is 6.73. The SMILES string of the molecule is CC[Si](CC)(CC)OC(C)(C)[C@@H](C(=O)OCc1ccccc1)N(C)C(=O)OC(C)(C)C. The van der Waals surface area contributed by atoms with Crippen molar-refractivity contribution < 1.29 is 23.5 Å². The standard InChI is InChI=1S/C24H41NO5Si/c1-10-31(11-2,12-3)30-24(7,8)20(25(9)22(27)29-23(4,5)6)21(26)28-18-19-16-14-13-15-17-19/h13-17,20H,10-12,18H2,1-9H3/t20-/m1/s1. The van der Waals surface area contributed by atoms with Crippen LogP contribution in [0.5, 0.6) is 0 Å². The molecule has 1 aromatic carbocycles. The first kappa shape index (κ1) is 27.2. The fourth-order valence-corrected chi connectivity index (χ4v) is 6.90. The molecule has 1 amide bonds. The summed E-state index contributed by atoms with van der Waals surface area (Å²) >= 11 is 0. The number of esters is 1. The molecule has 1 rings (SSSR count). The van der Waals surface area contributed by atoms with Crippen molar-refractivity contribution >= 4 is 20.4 Å². The topological polar surface area (TPSA) is 65.1 Å². The lowest BCUT2D eigenvalue weighted by molar-refractivity contribution is -0.158. The Morgan fingerprint density at radius 1 is 0.968 bits per heavy atom. The highest BCUT2D eigenvalue weighted by Crippen LogP contribution is 2.32. The molecule has 0 heterocycles. The Morgan fingerprint density at radius 2 is 1.48 bits per heavy atom. The number of carbonyl (C=O) groups is 2. The quantitative estimate of drug-likeness (QED) is 0.334. The van der Waals surface area contributed by atoms with Crippen LogP contribution >= 0.6 is 0 Å². The first-order chi connectivity index (χ1) is 14.3. The molecule has 0 saturated heterocycles. The average molecular weight is 452 g/mol. The van der Waals surface area contributed by atoms with E-state index in [2.05, 4.69) is 20.8 Å². The fraction of sp³-hybridized carbons (Fsp3) is 0.667. The van der Waals surface area contributed by atoms with Crippen LogP contribution in [-0.2, 0) is 25.3 Å². The Hall–Kier alpha value is -1.86. The van der Waals surface area contributed by atoms with Crippen LogP contribution in [0.2, 0.25) is 18.1 Å². The molecule has 0 aromatic heterocycles. The Morgan fingerprint density at radius 3 is 1.94 bits per heavy atom. The van der Waals surface area contributed by atoms with Gasteiger partial charge < -0.3 is 13.9 Å². The molecule has 1 atom stereocenters. The zero-order valence-electron chi connectivity index (χ0n) is 20.8. The van der Waals surface area contributed by atoms with Gasteiger partial charge >= 0.3 is 12.1 Å². The van der Waals surface area contributed by atoms with Crippen LogP contribution in [0.1, 0.15) is 61.0 Å².